The summed E-state index contributed by atoms with van der Waals surface area (Å²) in [6, 6.07) is 0. The summed E-state index contributed by atoms with van der Waals surface area (Å²) >= 11 is 0. The number of rotatable bonds is 3. The van der Waals surface area contributed by atoms with Gasteiger partial charge in [-0.15, -0.1) is 0 Å². The molecule has 76 valence electrons. The average Bonchev–Trinajstić information content (AvgIpc) is 2.83. The molecule has 1 aliphatic heterocycles. The van der Waals surface area contributed by atoms with Crippen LogP contribution >= 0.6 is 0 Å². The molecule has 5 heteroatoms. The van der Waals surface area contributed by atoms with E-state index in [1.165, 1.54) is 0 Å². The monoisotopic (exact) mass is 190 g/mol. The Morgan fingerprint density at radius 2 is 2.15 bits per heavy atom. The van der Waals surface area contributed by atoms with Crippen LogP contribution in [-0.4, -0.2) is 23.3 Å². The molecule has 0 aliphatic carbocycles. The highest BCUT2D eigenvalue weighted by atomic mass is 17.1. The van der Waals surface area contributed by atoms with Gasteiger partial charge in [-0.05, 0) is 12.8 Å². The molecule has 0 spiro atoms. The third-order valence-electron chi connectivity index (χ3n) is 1.39. The minimum absolute atomic E-state index is 0.0370. The molecule has 1 saturated heterocycles. The van der Waals surface area contributed by atoms with Crippen molar-refractivity contribution in [3.63, 3.8) is 0 Å². The molecule has 1 N–H and O–H groups in total. The summed E-state index contributed by atoms with van der Waals surface area (Å²) in [4.78, 5) is 23.2. The van der Waals surface area contributed by atoms with Crippen LogP contribution in [0.25, 0.3) is 0 Å². The highest BCUT2D eigenvalue weighted by Gasteiger charge is 2.35. The Morgan fingerprint density at radius 1 is 1.62 bits per heavy atom. The Kier molecular flexibility index (Phi) is 5.88. The highest BCUT2D eigenvalue weighted by molar-refractivity contribution is 5.87. The standard InChI is InChI=1S/C4H8O3.C4H6O2/c1-2-3-4(5)7-6;1-2-3-4(5)6-3/h6H,2-3H2,1H3;3H,2H2,1H3. The zero-order chi connectivity index (χ0) is 10.3. The Labute approximate surface area is 76.6 Å². The van der Waals surface area contributed by atoms with Gasteiger partial charge in [-0.3, -0.25) is 0 Å². The maximum absolute atomic E-state index is 9.94. The molecule has 0 aromatic carbocycles. The van der Waals surface area contributed by atoms with Gasteiger partial charge in [0.2, 0.25) is 0 Å². The minimum atomic E-state index is -0.567. The molecule has 5 nitrogen and oxygen atoms in total. The van der Waals surface area contributed by atoms with E-state index in [1.54, 1.807) is 0 Å². The number of hydrogen-bond donors (Lipinski definition) is 1. The lowest BCUT2D eigenvalue weighted by Crippen LogP contribution is -1.97. The van der Waals surface area contributed by atoms with E-state index >= 15 is 0 Å². The summed E-state index contributed by atoms with van der Waals surface area (Å²) in [6.45, 7) is 3.76. The third-order valence-corrected chi connectivity index (χ3v) is 1.39. The van der Waals surface area contributed by atoms with Crippen molar-refractivity contribution in [3.05, 3.63) is 0 Å². The summed E-state index contributed by atoms with van der Waals surface area (Å²) < 4.78 is 4.43. The molecule has 13 heavy (non-hydrogen) atoms. The van der Waals surface area contributed by atoms with E-state index in [2.05, 4.69) is 9.62 Å². The topological polar surface area (TPSA) is 76.1 Å². The third kappa shape index (κ3) is 6.10. The number of carbonyl (C=O) groups excluding carboxylic acids is 2. The van der Waals surface area contributed by atoms with Gasteiger partial charge in [0.15, 0.2) is 6.10 Å². The van der Waals surface area contributed by atoms with Crippen LogP contribution in [0.15, 0.2) is 0 Å². The van der Waals surface area contributed by atoms with Crippen LogP contribution in [0.2, 0.25) is 0 Å². The second-order valence-electron chi connectivity index (χ2n) is 2.55. The largest absolute Gasteiger partial charge is 0.448 e. The van der Waals surface area contributed by atoms with E-state index in [0.717, 1.165) is 6.42 Å². The molecule has 1 atom stereocenters. The Hall–Kier alpha value is -1.10. The molecule has 0 bridgehead atoms. The van der Waals surface area contributed by atoms with Crippen LogP contribution < -0.4 is 0 Å². The summed E-state index contributed by atoms with van der Waals surface area (Å²) in [5.41, 5.74) is 0. The van der Waals surface area contributed by atoms with E-state index < -0.39 is 5.97 Å². The summed E-state index contributed by atoms with van der Waals surface area (Å²) in [5.74, 6) is -0.611. The van der Waals surface area contributed by atoms with Gasteiger partial charge in [0.1, 0.15) is 0 Å². The summed E-state index contributed by atoms with van der Waals surface area (Å²) in [5, 5.41) is 7.62. The second-order valence-corrected chi connectivity index (χ2v) is 2.55. The number of epoxide rings is 1. The first-order chi connectivity index (χ1) is 6.15. The quantitative estimate of drug-likeness (QED) is 0.410. The van der Waals surface area contributed by atoms with Crippen molar-refractivity contribution in [2.45, 2.75) is 39.2 Å². The number of ether oxygens (including phenoxy) is 1. The molecular formula is C8H14O5. The van der Waals surface area contributed by atoms with Crippen LogP contribution in [0.3, 0.4) is 0 Å². The SMILES string of the molecule is CCC1OC1=O.CCCC(=O)OO. The predicted octanol–water partition coefficient (Wildman–Crippen LogP) is 1.12. The molecule has 0 amide bonds. The van der Waals surface area contributed by atoms with Gasteiger partial charge >= 0.3 is 11.9 Å². The van der Waals surface area contributed by atoms with Gasteiger partial charge < -0.3 is 9.62 Å². The minimum Gasteiger partial charge on any atom is -0.448 e. The molecule has 0 saturated carbocycles. The van der Waals surface area contributed by atoms with Gasteiger partial charge in [-0.2, -0.15) is 5.26 Å². The molecule has 1 rings (SSSR count). The molecule has 1 aliphatic rings. The fourth-order valence-electron chi connectivity index (χ4n) is 0.606. The van der Waals surface area contributed by atoms with E-state index in [9.17, 15) is 9.59 Å². The van der Waals surface area contributed by atoms with Crippen LogP contribution in [0.1, 0.15) is 33.1 Å². The van der Waals surface area contributed by atoms with E-state index in [4.69, 9.17) is 5.26 Å². The van der Waals surface area contributed by atoms with Gasteiger partial charge in [0.25, 0.3) is 0 Å². The first-order valence-electron chi connectivity index (χ1n) is 4.20. The molecule has 1 fully saturated rings. The van der Waals surface area contributed by atoms with E-state index in [0.29, 0.717) is 6.42 Å². The van der Waals surface area contributed by atoms with E-state index in [1.807, 2.05) is 13.8 Å². The van der Waals surface area contributed by atoms with Crippen molar-refractivity contribution in [2.24, 2.45) is 0 Å². The maximum Gasteiger partial charge on any atom is 0.348 e. The van der Waals surface area contributed by atoms with Gasteiger partial charge in [-0.25, -0.2) is 9.59 Å². The van der Waals surface area contributed by atoms with Gasteiger partial charge in [-0.1, -0.05) is 13.8 Å². The Balaban J connectivity index is 0.000000223. The first kappa shape index (κ1) is 11.9. The smallest absolute Gasteiger partial charge is 0.348 e. The second kappa shape index (κ2) is 6.42. The number of cyclic esters (lactones) is 1. The van der Waals surface area contributed by atoms with Gasteiger partial charge in [0.05, 0.1) is 0 Å². The Morgan fingerprint density at radius 3 is 2.23 bits per heavy atom. The Bertz CT molecular complexity index is 177. The van der Waals surface area contributed by atoms with Crippen molar-refractivity contribution < 1.29 is 24.5 Å². The lowest BCUT2D eigenvalue weighted by Gasteiger charge is -1.87. The van der Waals surface area contributed by atoms with Crippen molar-refractivity contribution in [1.82, 2.24) is 0 Å². The molecule has 0 aromatic rings. The lowest BCUT2D eigenvalue weighted by molar-refractivity contribution is -0.234. The molecule has 0 radical (unpaired) electrons. The summed E-state index contributed by atoms with van der Waals surface area (Å²) in [7, 11) is 0. The normalized spacial score (nSPS) is 18.1. The highest BCUT2D eigenvalue weighted by Crippen LogP contribution is 2.14. The molecule has 1 unspecified atom stereocenters. The van der Waals surface area contributed by atoms with Gasteiger partial charge in [0, 0.05) is 6.42 Å². The number of hydrogen-bond acceptors (Lipinski definition) is 5. The van der Waals surface area contributed by atoms with Crippen molar-refractivity contribution in [3.8, 4) is 0 Å². The van der Waals surface area contributed by atoms with Crippen LogP contribution in [0, 0.1) is 0 Å². The summed E-state index contributed by atoms with van der Waals surface area (Å²) in [6.07, 6.45) is 1.79. The van der Waals surface area contributed by atoms with Crippen LogP contribution in [0.4, 0.5) is 0 Å². The number of carbonyl (C=O) groups is 2. The predicted molar refractivity (Wildman–Crippen MR) is 43.8 cm³/mol. The van der Waals surface area contributed by atoms with Crippen molar-refractivity contribution >= 4 is 11.9 Å². The molecule has 0 aromatic heterocycles. The fraction of sp³-hybridized carbons (Fsp3) is 0.750. The van der Waals surface area contributed by atoms with Crippen molar-refractivity contribution in [1.29, 1.82) is 0 Å². The average molecular weight is 190 g/mol. The maximum atomic E-state index is 9.94. The zero-order valence-corrected chi connectivity index (χ0v) is 7.78. The first-order valence-corrected chi connectivity index (χ1v) is 4.20. The van der Waals surface area contributed by atoms with Crippen LogP contribution in [-0.2, 0) is 19.2 Å². The van der Waals surface area contributed by atoms with Crippen molar-refractivity contribution in [2.75, 3.05) is 0 Å². The zero-order valence-electron chi connectivity index (χ0n) is 7.78. The lowest BCUT2D eigenvalue weighted by atomic mass is 10.3. The molecule has 1 heterocycles. The van der Waals surface area contributed by atoms with Crippen LogP contribution in [0.5, 0.6) is 0 Å². The molecular weight excluding hydrogens is 176 g/mol. The van der Waals surface area contributed by atoms with E-state index in [-0.39, 0.29) is 18.5 Å². The fourth-order valence-corrected chi connectivity index (χ4v) is 0.606.